The van der Waals surface area contributed by atoms with E-state index in [0.29, 0.717) is 37.5 Å². The van der Waals surface area contributed by atoms with Crippen LogP contribution < -0.4 is 53.7 Å². The topological polar surface area (TPSA) is 403 Å². The summed E-state index contributed by atoms with van der Waals surface area (Å²) < 4.78 is 0. The molecular weight excluding hydrogens is 820 g/mol. The second kappa shape index (κ2) is 26.4. The summed E-state index contributed by atoms with van der Waals surface area (Å²) in [5.74, 6) is -10.9. The molecule has 0 spiro atoms. The fraction of sp³-hybridized carbons (Fsp3) is 0.676. The first-order valence-corrected chi connectivity index (χ1v) is 20.1. The van der Waals surface area contributed by atoms with Crippen LogP contribution in [0.15, 0.2) is 0 Å². The van der Waals surface area contributed by atoms with Crippen molar-refractivity contribution in [3.05, 3.63) is 0 Å². The Bertz CT molecular complexity index is 1590. The number of carbonyl (C=O) groups excluding carboxylic acids is 9. The van der Waals surface area contributed by atoms with E-state index in [2.05, 4.69) is 42.5 Å². The van der Waals surface area contributed by atoms with Gasteiger partial charge in [0.25, 0.3) is 0 Å². The predicted molar refractivity (Wildman–Crippen MR) is 206 cm³/mol. The van der Waals surface area contributed by atoms with Gasteiger partial charge in [-0.15, -0.1) is 0 Å². The first-order chi connectivity index (χ1) is 28.4. The van der Waals surface area contributed by atoms with Crippen LogP contribution in [-0.2, 0) is 47.9 Å². The molecule has 26 heteroatoms. The number of fused-ring (bicyclic) bond motifs is 1. The number of aliphatic carboxylic acids is 2. The number of aliphatic hydroxyl groups is 1. The molecule has 7 atom stereocenters. The minimum Gasteiger partial charge on any atom is -0.481 e. The van der Waals surface area contributed by atoms with Crippen LogP contribution in [0.2, 0.25) is 0 Å². The normalized spacial score (nSPS) is 18.4. The molecule has 25 nitrogen and oxygen atoms in total. The molecule has 60 heavy (non-hydrogen) atoms. The second-order valence-corrected chi connectivity index (χ2v) is 15.3. The monoisotopic (exact) mass is 874 g/mol. The zero-order valence-corrected chi connectivity index (χ0v) is 33.4. The minimum absolute atomic E-state index is 0.115. The Morgan fingerprint density at radius 2 is 1.40 bits per heavy atom. The number of carboxylic acid groups (broad SMARTS) is 2. The van der Waals surface area contributed by atoms with Crippen molar-refractivity contribution >= 4 is 77.0 Å². The maximum atomic E-state index is 12.9. The number of hydrogen-bond acceptors (Lipinski definition) is 14. The van der Waals surface area contributed by atoms with Crippen molar-refractivity contribution in [3.8, 4) is 0 Å². The molecule has 0 aromatic carbocycles. The number of primary amides is 1. The summed E-state index contributed by atoms with van der Waals surface area (Å²) in [5, 5.41) is 56.4. The lowest BCUT2D eigenvalue weighted by molar-refractivity contribution is -0.143. The number of nitrogens with one attached hydrogen (secondary N) is 9. The molecule has 0 radical (unpaired) electrons. The van der Waals surface area contributed by atoms with E-state index in [4.69, 9.17) is 21.2 Å². The van der Waals surface area contributed by atoms with Gasteiger partial charge in [-0.2, -0.15) is 11.8 Å². The summed E-state index contributed by atoms with van der Waals surface area (Å²) >= 11 is 1.81. The Balaban J connectivity index is 1.71. The Hall–Kier alpha value is -5.76. The van der Waals surface area contributed by atoms with Crippen LogP contribution >= 0.6 is 11.8 Å². The van der Waals surface area contributed by atoms with E-state index in [-0.39, 0.29) is 30.4 Å². The molecule has 2 aliphatic rings. The Kier molecular flexibility index (Phi) is 22.1. The molecule has 2 rings (SSSR count). The zero-order chi connectivity index (χ0) is 44.8. The van der Waals surface area contributed by atoms with Crippen LogP contribution in [0.1, 0.15) is 70.6 Å². The largest absolute Gasteiger partial charge is 0.481 e. The summed E-state index contributed by atoms with van der Waals surface area (Å²) in [6, 6.07) is -4.41. The average molecular weight is 875 g/mol. The Labute approximate surface area is 347 Å². The number of thioether (sulfide) groups is 1. The Morgan fingerprint density at radius 3 is 2.05 bits per heavy atom. The summed E-state index contributed by atoms with van der Waals surface area (Å²) in [6.45, 7) is -2.09. The third kappa shape index (κ3) is 18.9. The van der Waals surface area contributed by atoms with Crippen LogP contribution in [-0.4, -0.2) is 153 Å². The van der Waals surface area contributed by atoms with Crippen molar-refractivity contribution in [1.82, 2.24) is 48.0 Å². The van der Waals surface area contributed by atoms with Crippen molar-refractivity contribution in [2.45, 2.75) is 106 Å². The number of nitrogens with two attached hydrogens (primary N) is 1. The highest BCUT2D eigenvalue weighted by Gasteiger charge is 2.42. The molecular formula is C34H54N10O15S. The summed E-state index contributed by atoms with van der Waals surface area (Å²) in [5.41, 5.74) is 6.64. The summed E-state index contributed by atoms with van der Waals surface area (Å²) in [7, 11) is 0. The van der Waals surface area contributed by atoms with Gasteiger partial charge < -0.3 is 63.6 Å². The van der Waals surface area contributed by atoms with Crippen molar-refractivity contribution in [2.75, 3.05) is 32.0 Å². The minimum atomic E-state index is -1.74. The SMILES string of the molecule is NC(=O)[C@H](CCCCNC(=O)CCCC[C@@H]1SC[C@@H]2NC(=O)N[C@@H]21)NC(=O)CNC(=O)CNC(=O)[C@H](CO)NC(=O)[C@H](CCC(=O)O)NC(=O)C(CC(=O)O)CC(=O)NO. The molecule has 0 bridgehead atoms. The van der Waals surface area contributed by atoms with Gasteiger partial charge in [0.2, 0.25) is 47.3 Å². The number of amides is 10. The lowest BCUT2D eigenvalue weighted by Gasteiger charge is -2.23. The number of carbonyl (C=O) groups is 11. The van der Waals surface area contributed by atoms with E-state index in [1.807, 2.05) is 11.8 Å². The van der Waals surface area contributed by atoms with E-state index < -0.39 is 123 Å². The number of unbranched alkanes of at least 4 members (excludes halogenated alkanes) is 2. The molecule has 0 aromatic rings. The maximum absolute atomic E-state index is 12.9. The highest BCUT2D eigenvalue weighted by atomic mass is 32.2. The number of urea groups is 1. The van der Waals surface area contributed by atoms with Gasteiger partial charge in [0.1, 0.15) is 18.1 Å². The van der Waals surface area contributed by atoms with Gasteiger partial charge in [-0.05, 0) is 38.5 Å². The van der Waals surface area contributed by atoms with Gasteiger partial charge in [0.05, 0.1) is 44.1 Å². The molecule has 2 heterocycles. The van der Waals surface area contributed by atoms with Crippen LogP contribution in [0.4, 0.5) is 4.79 Å². The number of carboxylic acids is 2. The van der Waals surface area contributed by atoms with E-state index in [1.54, 1.807) is 0 Å². The van der Waals surface area contributed by atoms with Crippen LogP contribution in [0, 0.1) is 5.92 Å². The summed E-state index contributed by atoms with van der Waals surface area (Å²) in [6.07, 6.45) is 0.848. The maximum Gasteiger partial charge on any atom is 0.315 e. The molecule has 2 aliphatic heterocycles. The molecule has 2 fully saturated rings. The van der Waals surface area contributed by atoms with Crippen molar-refractivity contribution in [1.29, 1.82) is 0 Å². The third-order valence-corrected chi connectivity index (χ3v) is 10.8. The van der Waals surface area contributed by atoms with Crippen molar-refractivity contribution < 1.29 is 73.3 Å². The molecule has 15 N–H and O–H groups in total. The predicted octanol–water partition coefficient (Wildman–Crippen LogP) is -4.99. The molecule has 10 amide bonds. The zero-order valence-electron chi connectivity index (χ0n) is 32.6. The fourth-order valence-electron chi connectivity index (χ4n) is 6.16. The van der Waals surface area contributed by atoms with Crippen molar-refractivity contribution in [2.24, 2.45) is 11.7 Å². The van der Waals surface area contributed by atoms with Gasteiger partial charge in [0.15, 0.2) is 0 Å². The highest BCUT2D eigenvalue weighted by molar-refractivity contribution is 8.00. The van der Waals surface area contributed by atoms with Gasteiger partial charge in [-0.25, -0.2) is 10.3 Å². The second-order valence-electron chi connectivity index (χ2n) is 14.0. The first-order valence-electron chi connectivity index (χ1n) is 19.1. The number of hydroxylamine groups is 1. The first kappa shape index (κ1) is 50.4. The lowest BCUT2D eigenvalue weighted by Crippen LogP contribution is -2.56. The quantitative estimate of drug-likeness (QED) is 0.0145. The average Bonchev–Trinajstić information content (AvgIpc) is 3.75. The fourth-order valence-corrected chi connectivity index (χ4v) is 7.70. The smallest absolute Gasteiger partial charge is 0.315 e. The van der Waals surface area contributed by atoms with Crippen LogP contribution in [0.25, 0.3) is 0 Å². The van der Waals surface area contributed by atoms with Crippen LogP contribution in [0.3, 0.4) is 0 Å². The van der Waals surface area contributed by atoms with E-state index in [0.717, 1.165) is 18.6 Å². The van der Waals surface area contributed by atoms with Gasteiger partial charge >= 0.3 is 18.0 Å². The highest BCUT2D eigenvalue weighted by Crippen LogP contribution is 2.33. The lowest BCUT2D eigenvalue weighted by atomic mass is 9.98. The number of rotatable bonds is 29. The van der Waals surface area contributed by atoms with Gasteiger partial charge in [-0.1, -0.05) is 6.42 Å². The molecule has 0 aliphatic carbocycles. The number of hydrogen-bond donors (Lipinski definition) is 14. The standard InChI is InChI=1S/C34H54N10O15S/c35-30(54)18(5-3-4-10-36-23(46)7-2-1-6-22-29-21(16-60-22)42-34(58)43-29)39-26(49)14-37-25(48)13-38-32(56)20(15-45)41-33(57)19(8-9-27(50)51)40-31(55)17(12-28(52)53)11-24(47)44-59/h17-22,29,45,59H,1-16H2,(H2,35,54)(H,36,46)(H,37,48)(H,38,56)(H,39,49)(H,40,55)(H,41,57)(H,44,47)(H,50,51)(H,52,53)(H2,42,43,58)/t17?,18-,19-,20-,21-,22-,29-/m0/s1. The molecule has 0 saturated carbocycles. The molecule has 336 valence electrons. The Morgan fingerprint density at radius 1 is 0.700 bits per heavy atom. The summed E-state index contributed by atoms with van der Waals surface area (Å²) in [4.78, 5) is 133. The molecule has 2 saturated heterocycles. The number of aliphatic hydroxyl groups excluding tert-OH is 1. The van der Waals surface area contributed by atoms with E-state index in [1.165, 1.54) is 5.48 Å². The molecule has 1 unspecified atom stereocenters. The molecule has 0 aromatic heterocycles. The van der Waals surface area contributed by atoms with Crippen LogP contribution in [0.5, 0.6) is 0 Å². The van der Waals surface area contributed by atoms with Gasteiger partial charge in [0, 0.05) is 36.8 Å². The third-order valence-electron chi connectivity index (χ3n) is 9.31. The van der Waals surface area contributed by atoms with Crippen molar-refractivity contribution in [3.63, 3.8) is 0 Å². The van der Waals surface area contributed by atoms with E-state index in [9.17, 15) is 57.8 Å². The van der Waals surface area contributed by atoms with Gasteiger partial charge in [-0.3, -0.25) is 53.2 Å². The van der Waals surface area contributed by atoms with E-state index >= 15 is 0 Å².